The Balaban J connectivity index is 1.29. The number of anilines is 1. The molecule has 2 aromatic rings. The second kappa shape index (κ2) is 9.78. The van der Waals surface area contributed by atoms with E-state index in [0.29, 0.717) is 24.1 Å². The highest BCUT2D eigenvalue weighted by molar-refractivity contribution is 6.06. The summed E-state index contributed by atoms with van der Waals surface area (Å²) in [5, 5.41) is 5.64. The van der Waals surface area contributed by atoms with Crippen LogP contribution in [-0.4, -0.2) is 57.9 Å². The molecule has 0 spiro atoms. The average molecular weight is 523 g/mol. The van der Waals surface area contributed by atoms with Gasteiger partial charge < -0.3 is 15.0 Å². The van der Waals surface area contributed by atoms with Crippen molar-refractivity contribution in [3.63, 3.8) is 0 Å². The van der Waals surface area contributed by atoms with E-state index >= 15 is 0 Å². The van der Waals surface area contributed by atoms with Crippen LogP contribution in [0.4, 0.5) is 10.1 Å². The molecule has 3 heterocycles. The van der Waals surface area contributed by atoms with Gasteiger partial charge in [-0.15, -0.1) is 0 Å². The average Bonchev–Trinajstić information content (AvgIpc) is 3.14. The highest BCUT2D eigenvalue weighted by Crippen LogP contribution is 2.33. The molecule has 0 aromatic heterocycles. The van der Waals surface area contributed by atoms with E-state index in [1.54, 1.807) is 12.1 Å². The number of imide groups is 1. The normalized spacial score (nSPS) is 22.8. The molecule has 0 aliphatic carbocycles. The number of carbonyl (C=O) groups is 3. The van der Waals surface area contributed by atoms with Gasteiger partial charge in [0.05, 0.1) is 11.2 Å². The minimum Gasteiger partial charge on any atom is -0.381 e. The molecule has 5 rings (SSSR count). The number of amides is 3. The number of nitrogens with one attached hydrogen (secondary N) is 2. The summed E-state index contributed by atoms with van der Waals surface area (Å²) in [4.78, 5) is 40.9. The summed E-state index contributed by atoms with van der Waals surface area (Å²) < 4.78 is 21.0. The van der Waals surface area contributed by atoms with Crippen LogP contribution in [0.15, 0.2) is 36.4 Å². The molecule has 0 unspecified atom stereocenters. The molecule has 3 amide bonds. The topological polar surface area (TPSA) is 91.0 Å². The van der Waals surface area contributed by atoms with Crippen LogP contribution in [-0.2, 0) is 34.0 Å². The zero-order valence-corrected chi connectivity index (χ0v) is 22.4. The Morgan fingerprint density at radius 2 is 1.82 bits per heavy atom. The van der Waals surface area contributed by atoms with Crippen molar-refractivity contribution in [3.05, 3.63) is 64.5 Å². The van der Waals surface area contributed by atoms with E-state index in [1.807, 2.05) is 18.2 Å². The van der Waals surface area contributed by atoms with Crippen LogP contribution in [0.25, 0.3) is 0 Å². The van der Waals surface area contributed by atoms with Crippen molar-refractivity contribution in [2.75, 3.05) is 18.4 Å². The van der Waals surface area contributed by atoms with E-state index in [4.69, 9.17) is 4.74 Å². The smallest absolute Gasteiger partial charge is 0.255 e. The fourth-order valence-electron chi connectivity index (χ4n) is 6.12. The fraction of sp³-hybridized carbons (Fsp3) is 0.483. The molecule has 2 fully saturated rings. The Kier molecular flexibility index (Phi) is 6.77. The third-order valence-corrected chi connectivity index (χ3v) is 7.33. The predicted octanol–water partition coefficient (Wildman–Crippen LogP) is 3.59. The Hall–Kier alpha value is -3.30. The second-order valence-electron chi connectivity index (χ2n) is 11.8. The van der Waals surface area contributed by atoms with Crippen molar-refractivity contribution in [2.45, 2.75) is 77.4 Å². The second-order valence-corrected chi connectivity index (χ2v) is 11.8. The maximum Gasteiger partial charge on any atom is 0.255 e. The highest BCUT2D eigenvalue weighted by Gasteiger charge is 2.40. The Morgan fingerprint density at radius 3 is 2.53 bits per heavy atom. The summed E-state index contributed by atoms with van der Waals surface area (Å²) >= 11 is 0. The third-order valence-electron chi connectivity index (χ3n) is 7.33. The van der Waals surface area contributed by atoms with Gasteiger partial charge in [0.25, 0.3) is 5.91 Å². The van der Waals surface area contributed by atoms with Crippen LogP contribution in [0, 0.1) is 5.82 Å². The molecule has 0 radical (unpaired) electrons. The number of morpholine rings is 1. The summed E-state index contributed by atoms with van der Waals surface area (Å²) in [5.74, 6) is -1.29. The van der Waals surface area contributed by atoms with Crippen LogP contribution in [0.2, 0.25) is 0 Å². The molecule has 0 bridgehead atoms. The quantitative estimate of drug-likeness (QED) is 0.564. The molecule has 0 saturated carbocycles. The minimum atomic E-state index is -0.676. The Bertz CT molecular complexity index is 1280. The number of carbonyl (C=O) groups excluding carboxylic acids is 3. The summed E-state index contributed by atoms with van der Waals surface area (Å²) in [6, 6.07) is 9.92. The minimum absolute atomic E-state index is 0.205. The lowest BCUT2D eigenvalue weighted by Crippen LogP contribution is -2.56. The highest BCUT2D eigenvalue weighted by atomic mass is 19.1. The van der Waals surface area contributed by atoms with Crippen LogP contribution in [0.1, 0.15) is 67.6 Å². The van der Waals surface area contributed by atoms with Crippen LogP contribution >= 0.6 is 0 Å². The number of fused-ring (bicyclic) bond motifs is 1. The molecule has 2 aromatic carbocycles. The molecule has 2 N–H and O–H groups in total. The first kappa shape index (κ1) is 26.3. The van der Waals surface area contributed by atoms with E-state index in [-0.39, 0.29) is 48.3 Å². The van der Waals surface area contributed by atoms with Crippen molar-refractivity contribution in [1.82, 2.24) is 15.1 Å². The first-order chi connectivity index (χ1) is 17.9. The number of piperidine rings is 1. The van der Waals surface area contributed by atoms with Gasteiger partial charge in [-0.25, -0.2) is 4.39 Å². The summed E-state index contributed by atoms with van der Waals surface area (Å²) in [7, 11) is 0. The van der Waals surface area contributed by atoms with E-state index in [2.05, 4.69) is 43.2 Å². The van der Waals surface area contributed by atoms with Gasteiger partial charge in [-0.3, -0.25) is 24.6 Å². The largest absolute Gasteiger partial charge is 0.381 e. The maximum absolute atomic E-state index is 14.8. The van der Waals surface area contributed by atoms with Gasteiger partial charge >= 0.3 is 0 Å². The van der Waals surface area contributed by atoms with E-state index in [1.165, 1.54) is 11.0 Å². The number of benzene rings is 2. The first-order valence-electron chi connectivity index (χ1n) is 13.1. The zero-order valence-electron chi connectivity index (χ0n) is 22.4. The van der Waals surface area contributed by atoms with E-state index in [9.17, 15) is 18.8 Å². The molecule has 3 aliphatic rings. The maximum atomic E-state index is 14.8. The lowest BCUT2D eigenvalue weighted by atomic mass is 9.98. The number of hydrogen-bond acceptors (Lipinski definition) is 6. The molecule has 8 nitrogen and oxygen atoms in total. The van der Waals surface area contributed by atoms with E-state index in [0.717, 1.165) is 29.9 Å². The van der Waals surface area contributed by atoms with Gasteiger partial charge in [0.1, 0.15) is 11.9 Å². The van der Waals surface area contributed by atoms with E-state index < -0.39 is 11.9 Å². The molecule has 1 atom stereocenters. The molecular formula is C29H35FN4O4. The predicted molar refractivity (Wildman–Crippen MR) is 141 cm³/mol. The molecule has 9 heteroatoms. The standard InChI is InChI=1S/C29H35FN4O4/c1-28(2)16-33(17-29(3,4)38-28)14-18-8-9-22(30)19(12-18)13-31-23-7-5-6-20-21(23)15-34(27(20)37)24-10-11-25(35)32-26(24)36/h5-9,12,24,31H,10-11,13-17H2,1-4H3,(H,32,35,36)/t24-/m0/s1. The van der Waals surface area contributed by atoms with Crippen molar-refractivity contribution in [3.8, 4) is 0 Å². The van der Waals surface area contributed by atoms with Gasteiger partial charge in [0.15, 0.2) is 0 Å². The molecule has 38 heavy (non-hydrogen) atoms. The van der Waals surface area contributed by atoms with Crippen molar-refractivity contribution >= 4 is 23.4 Å². The number of hydrogen-bond donors (Lipinski definition) is 2. The summed E-state index contributed by atoms with van der Waals surface area (Å²) in [6.07, 6.45) is 0.513. The lowest BCUT2D eigenvalue weighted by Gasteiger charge is -2.47. The Morgan fingerprint density at radius 1 is 1.08 bits per heavy atom. The van der Waals surface area contributed by atoms with Crippen LogP contribution in [0.5, 0.6) is 0 Å². The molecule has 202 valence electrons. The molecular weight excluding hydrogens is 487 g/mol. The van der Waals surface area contributed by atoms with Crippen molar-refractivity contribution in [2.24, 2.45) is 0 Å². The van der Waals surface area contributed by atoms with Gasteiger partial charge in [-0.2, -0.15) is 0 Å². The summed E-state index contributed by atoms with van der Waals surface area (Å²) in [5.41, 5.74) is 3.06. The van der Waals surface area contributed by atoms with Crippen molar-refractivity contribution in [1.29, 1.82) is 0 Å². The number of ether oxygens (including phenoxy) is 1. The van der Waals surface area contributed by atoms with Gasteiger partial charge in [0, 0.05) is 61.5 Å². The fourth-order valence-corrected chi connectivity index (χ4v) is 6.12. The van der Waals surface area contributed by atoms with Crippen molar-refractivity contribution < 1.29 is 23.5 Å². The Labute approximate surface area is 222 Å². The summed E-state index contributed by atoms with van der Waals surface area (Å²) in [6.45, 7) is 11.1. The first-order valence-corrected chi connectivity index (χ1v) is 13.1. The van der Waals surface area contributed by atoms with Gasteiger partial charge in [-0.1, -0.05) is 12.1 Å². The zero-order chi connectivity index (χ0) is 27.2. The number of halogens is 1. The molecule has 3 aliphatic heterocycles. The molecule has 2 saturated heterocycles. The van der Waals surface area contributed by atoms with Crippen LogP contribution in [0.3, 0.4) is 0 Å². The number of nitrogens with zero attached hydrogens (tertiary/aromatic N) is 2. The SMILES string of the molecule is CC1(C)CN(Cc2ccc(F)c(CNc3cccc4c3CN([C@H]3CCC(=O)NC3=O)C4=O)c2)CC(C)(C)O1. The lowest BCUT2D eigenvalue weighted by molar-refractivity contribution is -0.182. The van der Waals surface area contributed by atoms with Gasteiger partial charge in [-0.05, 0) is 63.9 Å². The third kappa shape index (κ3) is 5.44. The number of rotatable bonds is 6. The van der Waals surface area contributed by atoms with Gasteiger partial charge in [0.2, 0.25) is 11.8 Å². The monoisotopic (exact) mass is 522 g/mol. The van der Waals surface area contributed by atoms with Crippen LogP contribution < -0.4 is 10.6 Å².